The van der Waals surface area contributed by atoms with E-state index in [1.54, 1.807) is 0 Å². The molecule has 4 atom stereocenters. The van der Waals surface area contributed by atoms with Crippen molar-refractivity contribution in [3.8, 4) is 0 Å². The maximum absolute atomic E-state index is 10.5. The second-order valence-corrected chi connectivity index (χ2v) is 3.37. The molecule has 0 bridgehead atoms. The molecular formula is C7H13LiO6. The minimum atomic E-state index is -2.14. The molecule has 1 fully saturated rings. The van der Waals surface area contributed by atoms with Gasteiger partial charge in [0, 0.05) is 12.8 Å². The SMILES string of the molecule is O=C(O)[C@@]1(O)CC(O)[C@H](O)[C@H](O)C1.[LiH]. The van der Waals surface area contributed by atoms with Crippen LogP contribution in [0.15, 0.2) is 0 Å². The van der Waals surface area contributed by atoms with Crippen molar-refractivity contribution in [1.82, 2.24) is 0 Å². The third-order valence-electron chi connectivity index (χ3n) is 2.28. The number of aliphatic hydroxyl groups is 4. The van der Waals surface area contributed by atoms with Gasteiger partial charge in [0.1, 0.15) is 6.10 Å². The van der Waals surface area contributed by atoms with Crippen molar-refractivity contribution in [3.63, 3.8) is 0 Å². The van der Waals surface area contributed by atoms with Crippen LogP contribution in [0, 0.1) is 0 Å². The second kappa shape index (κ2) is 4.62. The van der Waals surface area contributed by atoms with Crippen LogP contribution >= 0.6 is 0 Å². The molecule has 1 unspecified atom stereocenters. The number of carboxylic acids is 1. The number of carbonyl (C=O) groups is 1. The third-order valence-corrected chi connectivity index (χ3v) is 2.28. The van der Waals surface area contributed by atoms with E-state index in [1.807, 2.05) is 0 Å². The van der Waals surface area contributed by atoms with Gasteiger partial charge in [-0.1, -0.05) is 0 Å². The fourth-order valence-corrected chi connectivity index (χ4v) is 1.45. The maximum atomic E-state index is 10.5. The van der Waals surface area contributed by atoms with Crippen molar-refractivity contribution >= 4 is 24.8 Å². The molecule has 0 spiro atoms. The van der Waals surface area contributed by atoms with Crippen LogP contribution in [0.25, 0.3) is 0 Å². The predicted molar refractivity (Wildman–Crippen MR) is 47.0 cm³/mol. The van der Waals surface area contributed by atoms with Crippen LogP contribution in [0.3, 0.4) is 0 Å². The Labute approximate surface area is 92.4 Å². The van der Waals surface area contributed by atoms with Gasteiger partial charge in [-0.25, -0.2) is 4.79 Å². The molecule has 0 aromatic rings. The number of rotatable bonds is 1. The Morgan fingerprint density at radius 3 is 1.79 bits per heavy atom. The van der Waals surface area contributed by atoms with E-state index in [4.69, 9.17) is 20.4 Å². The van der Waals surface area contributed by atoms with Gasteiger partial charge in [0.15, 0.2) is 5.60 Å². The van der Waals surface area contributed by atoms with Crippen molar-refractivity contribution in [2.75, 3.05) is 0 Å². The van der Waals surface area contributed by atoms with E-state index in [1.165, 1.54) is 0 Å². The molecule has 0 heterocycles. The van der Waals surface area contributed by atoms with Crippen LogP contribution in [0.4, 0.5) is 0 Å². The fraction of sp³-hybridized carbons (Fsp3) is 0.857. The number of aliphatic carboxylic acids is 1. The molecule has 1 rings (SSSR count). The van der Waals surface area contributed by atoms with Crippen LogP contribution in [-0.4, -0.2) is 74.3 Å². The van der Waals surface area contributed by atoms with E-state index in [-0.39, 0.29) is 18.9 Å². The van der Waals surface area contributed by atoms with Gasteiger partial charge in [-0.3, -0.25) is 0 Å². The summed E-state index contributed by atoms with van der Waals surface area (Å²) in [5.41, 5.74) is -2.14. The molecule has 0 radical (unpaired) electrons. The summed E-state index contributed by atoms with van der Waals surface area (Å²) in [6.45, 7) is 0. The minimum absolute atomic E-state index is 0. The average Bonchev–Trinajstić information content (AvgIpc) is 2.00. The van der Waals surface area contributed by atoms with Gasteiger partial charge >= 0.3 is 24.8 Å². The Morgan fingerprint density at radius 1 is 1.14 bits per heavy atom. The van der Waals surface area contributed by atoms with E-state index in [2.05, 4.69) is 0 Å². The molecule has 78 valence electrons. The first kappa shape index (κ1) is 13.9. The van der Waals surface area contributed by atoms with Gasteiger partial charge in [0.2, 0.25) is 0 Å². The standard InChI is InChI=1S/C7H12O6.Li.H/c8-3-1-7(13,6(11)12)2-4(9)5(3)10;;/h3-5,8-10,13H,1-2H2,(H,11,12);;/t3-,4?,5-,7+;;/m1../s1. The first-order chi connectivity index (χ1) is 5.87. The zero-order valence-corrected chi connectivity index (χ0v) is 6.79. The summed E-state index contributed by atoms with van der Waals surface area (Å²) in [5, 5.41) is 45.2. The van der Waals surface area contributed by atoms with Crippen molar-refractivity contribution in [1.29, 1.82) is 0 Å². The van der Waals surface area contributed by atoms with Crippen LogP contribution in [0.5, 0.6) is 0 Å². The molecule has 14 heavy (non-hydrogen) atoms. The van der Waals surface area contributed by atoms with Crippen LogP contribution in [0.2, 0.25) is 0 Å². The molecule has 0 saturated heterocycles. The first-order valence-electron chi connectivity index (χ1n) is 3.87. The van der Waals surface area contributed by atoms with Gasteiger partial charge in [0.25, 0.3) is 0 Å². The van der Waals surface area contributed by atoms with E-state index in [9.17, 15) is 9.90 Å². The van der Waals surface area contributed by atoms with Gasteiger partial charge in [-0.05, 0) is 0 Å². The fourth-order valence-electron chi connectivity index (χ4n) is 1.45. The summed E-state index contributed by atoms with van der Waals surface area (Å²) in [7, 11) is 0. The van der Waals surface area contributed by atoms with Gasteiger partial charge in [0.05, 0.1) is 12.2 Å². The van der Waals surface area contributed by atoms with Crippen molar-refractivity contribution in [2.45, 2.75) is 36.8 Å². The molecule has 0 aliphatic heterocycles. The molecular weight excluding hydrogens is 187 g/mol. The molecule has 0 aromatic carbocycles. The summed E-state index contributed by atoms with van der Waals surface area (Å²) in [4.78, 5) is 10.5. The van der Waals surface area contributed by atoms with Crippen LogP contribution in [0.1, 0.15) is 12.8 Å². The molecule has 0 aromatic heterocycles. The Balaban J connectivity index is 0.00000169. The molecule has 7 heteroatoms. The summed E-state index contributed by atoms with van der Waals surface area (Å²) < 4.78 is 0. The second-order valence-electron chi connectivity index (χ2n) is 3.37. The monoisotopic (exact) mass is 200 g/mol. The van der Waals surface area contributed by atoms with E-state index >= 15 is 0 Å². The quantitative estimate of drug-likeness (QED) is 0.288. The topological polar surface area (TPSA) is 118 Å². The zero-order chi connectivity index (χ0) is 10.2. The summed E-state index contributed by atoms with van der Waals surface area (Å²) in [5.74, 6) is -1.50. The van der Waals surface area contributed by atoms with Crippen LogP contribution in [-0.2, 0) is 4.79 Å². The van der Waals surface area contributed by atoms with Gasteiger partial charge < -0.3 is 25.5 Å². The Bertz CT molecular complexity index is 208. The normalized spacial score (nSPS) is 42.7. The Morgan fingerprint density at radius 2 is 1.50 bits per heavy atom. The van der Waals surface area contributed by atoms with E-state index in [0.29, 0.717) is 0 Å². The average molecular weight is 200 g/mol. The zero-order valence-electron chi connectivity index (χ0n) is 6.79. The first-order valence-corrected chi connectivity index (χ1v) is 3.87. The van der Waals surface area contributed by atoms with Gasteiger partial charge in [-0.2, -0.15) is 0 Å². The number of hydrogen-bond acceptors (Lipinski definition) is 5. The summed E-state index contributed by atoms with van der Waals surface area (Å²) in [6.07, 6.45) is -5.16. The molecule has 6 nitrogen and oxygen atoms in total. The van der Waals surface area contributed by atoms with Crippen molar-refractivity contribution < 1.29 is 30.3 Å². The molecule has 5 N–H and O–H groups in total. The third kappa shape index (κ3) is 2.48. The Kier molecular flexibility index (Phi) is 4.59. The van der Waals surface area contributed by atoms with Crippen molar-refractivity contribution in [3.05, 3.63) is 0 Å². The number of aliphatic hydroxyl groups excluding tert-OH is 3. The molecule has 0 amide bonds. The molecule has 1 aliphatic rings. The molecule has 1 aliphatic carbocycles. The Hall–Kier alpha value is -0.0926. The van der Waals surface area contributed by atoms with Gasteiger partial charge in [-0.15, -0.1) is 0 Å². The van der Waals surface area contributed by atoms with Crippen molar-refractivity contribution in [2.24, 2.45) is 0 Å². The molecule has 1 saturated carbocycles. The summed E-state index contributed by atoms with van der Waals surface area (Å²) >= 11 is 0. The van der Waals surface area contributed by atoms with E-state index in [0.717, 1.165) is 0 Å². The van der Waals surface area contributed by atoms with E-state index < -0.39 is 42.7 Å². The number of hydrogen-bond donors (Lipinski definition) is 5. The van der Waals surface area contributed by atoms with Crippen LogP contribution < -0.4 is 0 Å². The predicted octanol–water partition coefficient (Wildman–Crippen LogP) is -2.97. The summed E-state index contributed by atoms with van der Waals surface area (Å²) in [6, 6.07) is 0. The number of carboxylic acid groups (broad SMARTS) is 1.